The quantitative estimate of drug-likeness (QED) is 0.661. The molecular formula is C9H10FNO3. The summed E-state index contributed by atoms with van der Waals surface area (Å²) in [4.78, 5) is 10.4. The fourth-order valence-electron chi connectivity index (χ4n) is 1.03. The minimum absolute atomic E-state index is 0.0587. The average molecular weight is 199 g/mol. The molecule has 0 spiro atoms. The molecule has 1 rings (SSSR count). The van der Waals surface area contributed by atoms with Crippen LogP contribution in [0.25, 0.3) is 0 Å². The summed E-state index contributed by atoms with van der Waals surface area (Å²) in [6, 6.07) is 2.58. The Morgan fingerprint density at radius 1 is 1.57 bits per heavy atom. The van der Waals surface area contributed by atoms with Gasteiger partial charge in [-0.3, -0.25) is 4.79 Å². The minimum Gasteiger partial charge on any atom is -0.505 e. The van der Waals surface area contributed by atoms with Gasteiger partial charge in [0, 0.05) is 0 Å². The van der Waals surface area contributed by atoms with E-state index in [0.29, 0.717) is 5.56 Å². The Kier molecular flexibility index (Phi) is 3.03. The number of carboxylic acid groups (broad SMARTS) is 1. The van der Waals surface area contributed by atoms with Gasteiger partial charge in [0.05, 0.1) is 0 Å². The maximum atomic E-state index is 12.6. The number of carboxylic acids is 1. The summed E-state index contributed by atoms with van der Waals surface area (Å²) in [6.07, 6.45) is 0.0587. The van der Waals surface area contributed by atoms with Crippen molar-refractivity contribution in [3.63, 3.8) is 0 Å². The third-order valence-electron chi connectivity index (χ3n) is 1.78. The first-order valence-corrected chi connectivity index (χ1v) is 3.96. The van der Waals surface area contributed by atoms with E-state index in [1.165, 1.54) is 6.07 Å². The van der Waals surface area contributed by atoms with Crippen LogP contribution in [-0.2, 0) is 11.2 Å². The smallest absolute Gasteiger partial charge is 0.320 e. The molecule has 0 aliphatic carbocycles. The van der Waals surface area contributed by atoms with Crippen molar-refractivity contribution in [2.45, 2.75) is 12.5 Å². The molecule has 0 amide bonds. The Morgan fingerprint density at radius 3 is 2.71 bits per heavy atom. The Balaban J connectivity index is 2.78. The van der Waals surface area contributed by atoms with E-state index in [2.05, 4.69) is 0 Å². The fourth-order valence-corrected chi connectivity index (χ4v) is 1.03. The van der Waals surface area contributed by atoms with Gasteiger partial charge < -0.3 is 15.9 Å². The fraction of sp³-hybridized carbons (Fsp3) is 0.222. The molecule has 0 aromatic heterocycles. The first kappa shape index (κ1) is 10.5. The van der Waals surface area contributed by atoms with Gasteiger partial charge in [0.1, 0.15) is 6.04 Å². The summed E-state index contributed by atoms with van der Waals surface area (Å²) < 4.78 is 12.6. The maximum Gasteiger partial charge on any atom is 0.320 e. The third kappa shape index (κ3) is 2.43. The van der Waals surface area contributed by atoms with E-state index in [9.17, 15) is 9.18 Å². The number of halogens is 1. The lowest BCUT2D eigenvalue weighted by Crippen LogP contribution is -2.32. The highest BCUT2D eigenvalue weighted by Crippen LogP contribution is 2.17. The normalized spacial score (nSPS) is 12.4. The minimum atomic E-state index is -1.13. The highest BCUT2D eigenvalue weighted by atomic mass is 19.1. The van der Waals surface area contributed by atoms with Crippen molar-refractivity contribution in [1.82, 2.24) is 0 Å². The van der Waals surface area contributed by atoms with Crippen LogP contribution in [0.2, 0.25) is 0 Å². The summed E-state index contributed by atoms with van der Waals surface area (Å²) in [7, 11) is 0. The van der Waals surface area contributed by atoms with Crippen molar-refractivity contribution in [1.29, 1.82) is 0 Å². The highest BCUT2D eigenvalue weighted by Gasteiger charge is 2.12. The van der Waals surface area contributed by atoms with Gasteiger partial charge in [0.25, 0.3) is 0 Å². The summed E-state index contributed by atoms with van der Waals surface area (Å²) in [6.45, 7) is 0. The molecule has 1 atom stereocenters. The lowest BCUT2D eigenvalue weighted by atomic mass is 10.1. The first-order valence-electron chi connectivity index (χ1n) is 3.96. The van der Waals surface area contributed by atoms with Crippen LogP contribution in [0.5, 0.6) is 5.75 Å². The molecule has 76 valence electrons. The molecule has 0 aliphatic rings. The predicted molar refractivity (Wildman–Crippen MR) is 47.4 cm³/mol. The molecule has 14 heavy (non-hydrogen) atoms. The largest absolute Gasteiger partial charge is 0.505 e. The van der Waals surface area contributed by atoms with Crippen molar-refractivity contribution >= 4 is 5.97 Å². The molecule has 0 aliphatic heterocycles. The molecule has 0 saturated carbocycles. The van der Waals surface area contributed by atoms with Gasteiger partial charge in [-0.2, -0.15) is 0 Å². The van der Waals surface area contributed by atoms with Crippen LogP contribution < -0.4 is 5.73 Å². The lowest BCUT2D eigenvalue weighted by molar-refractivity contribution is -0.138. The third-order valence-corrected chi connectivity index (χ3v) is 1.78. The lowest BCUT2D eigenvalue weighted by Gasteiger charge is -2.06. The second-order valence-corrected chi connectivity index (χ2v) is 2.93. The van der Waals surface area contributed by atoms with Crippen molar-refractivity contribution in [3.05, 3.63) is 29.6 Å². The molecule has 5 heteroatoms. The number of carbonyl (C=O) groups is 1. The zero-order valence-electron chi connectivity index (χ0n) is 7.27. The molecule has 0 bridgehead atoms. The number of nitrogens with two attached hydrogens (primary N) is 1. The van der Waals surface area contributed by atoms with Crippen LogP contribution in [0.4, 0.5) is 4.39 Å². The summed E-state index contributed by atoms with van der Waals surface area (Å²) >= 11 is 0. The Hall–Kier alpha value is -1.62. The molecule has 4 N–H and O–H groups in total. The van der Waals surface area contributed by atoms with Crippen molar-refractivity contribution in [2.24, 2.45) is 5.73 Å². The number of phenolic OH excluding ortho intramolecular Hbond substituents is 1. The number of hydrogen-bond acceptors (Lipinski definition) is 3. The first-order chi connectivity index (χ1) is 6.50. The number of aliphatic carboxylic acids is 1. The van der Waals surface area contributed by atoms with E-state index in [4.69, 9.17) is 15.9 Å². The van der Waals surface area contributed by atoms with E-state index < -0.39 is 23.6 Å². The number of phenols is 1. The Labute approximate surface area is 79.8 Å². The van der Waals surface area contributed by atoms with E-state index in [0.717, 1.165) is 12.1 Å². The standard InChI is InChI=1S/C9H10FNO3/c10-6-2-1-5(4-8(6)12)3-7(11)9(13)14/h1-2,4,7,12H,3,11H2,(H,13,14)/t7-/m0/s1. The van der Waals surface area contributed by atoms with E-state index in [1.807, 2.05) is 0 Å². The summed E-state index contributed by atoms with van der Waals surface area (Å²) in [5.74, 6) is -2.37. The van der Waals surface area contributed by atoms with Gasteiger partial charge in [-0.1, -0.05) is 6.07 Å². The molecule has 4 nitrogen and oxygen atoms in total. The van der Waals surface area contributed by atoms with Gasteiger partial charge in [0.2, 0.25) is 0 Å². The van der Waals surface area contributed by atoms with Crippen LogP contribution >= 0.6 is 0 Å². The van der Waals surface area contributed by atoms with Crippen molar-refractivity contribution < 1.29 is 19.4 Å². The molecular weight excluding hydrogens is 189 g/mol. The van der Waals surface area contributed by atoms with Crippen LogP contribution in [0.1, 0.15) is 5.56 Å². The second-order valence-electron chi connectivity index (χ2n) is 2.93. The van der Waals surface area contributed by atoms with Crippen molar-refractivity contribution in [2.75, 3.05) is 0 Å². The SMILES string of the molecule is N[C@@H](Cc1ccc(F)c(O)c1)C(=O)O. The Bertz CT molecular complexity index is 354. The van der Waals surface area contributed by atoms with E-state index in [-0.39, 0.29) is 6.42 Å². The summed E-state index contributed by atoms with van der Waals surface area (Å²) in [5, 5.41) is 17.5. The average Bonchev–Trinajstić information content (AvgIpc) is 2.11. The molecule has 1 aromatic carbocycles. The second kappa shape index (κ2) is 4.06. The van der Waals surface area contributed by atoms with Crippen LogP contribution in [0.3, 0.4) is 0 Å². The Morgan fingerprint density at radius 2 is 2.21 bits per heavy atom. The molecule has 0 unspecified atom stereocenters. The van der Waals surface area contributed by atoms with Crippen LogP contribution in [-0.4, -0.2) is 22.2 Å². The van der Waals surface area contributed by atoms with Gasteiger partial charge in [0.15, 0.2) is 11.6 Å². The van der Waals surface area contributed by atoms with Gasteiger partial charge in [-0.25, -0.2) is 4.39 Å². The molecule has 0 heterocycles. The maximum absolute atomic E-state index is 12.6. The van der Waals surface area contributed by atoms with Gasteiger partial charge in [-0.05, 0) is 24.1 Å². The molecule has 0 fully saturated rings. The van der Waals surface area contributed by atoms with Crippen LogP contribution in [0, 0.1) is 5.82 Å². The zero-order valence-corrected chi connectivity index (χ0v) is 7.27. The number of benzene rings is 1. The topological polar surface area (TPSA) is 83.5 Å². The van der Waals surface area contributed by atoms with Crippen molar-refractivity contribution in [3.8, 4) is 5.75 Å². The molecule has 0 saturated heterocycles. The highest BCUT2D eigenvalue weighted by molar-refractivity contribution is 5.73. The van der Waals surface area contributed by atoms with Gasteiger partial charge >= 0.3 is 5.97 Å². The molecule has 0 radical (unpaired) electrons. The van der Waals surface area contributed by atoms with E-state index >= 15 is 0 Å². The molecule has 1 aromatic rings. The van der Waals surface area contributed by atoms with E-state index in [1.54, 1.807) is 0 Å². The summed E-state index contributed by atoms with van der Waals surface area (Å²) in [5.41, 5.74) is 5.75. The van der Waals surface area contributed by atoms with Crippen LogP contribution in [0.15, 0.2) is 18.2 Å². The predicted octanol–water partition coefficient (Wildman–Crippen LogP) is 0.486. The number of aromatic hydroxyl groups is 1. The number of rotatable bonds is 3. The zero-order chi connectivity index (χ0) is 10.7. The monoisotopic (exact) mass is 199 g/mol. The van der Waals surface area contributed by atoms with Gasteiger partial charge in [-0.15, -0.1) is 0 Å². The number of hydrogen-bond donors (Lipinski definition) is 3.